The van der Waals surface area contributed by atoms with E-state index in [1.54, 1.807) is 0 Å². The summed E-state index contributed by atoms with van der Waals surface area (Å²) in [5.74, 6) is -0.0730. The highest BCUT2D eigenvalue weighted by Crippen LogP contribution is 2.15. The van der Waals surface area contributed by atoms with Gasteiger partial charge in [-0.1, -0.05) is 199 Å². The normalized spacial score (nSPS) is 12.9. The lowest BCUT2D eigenvalue weighted by atomic mass is 10.0. The average Bonchev–Trinajstić information content (AvgIpc) is 3.16. The van der Waals surface area contributed by atoms with Crippen LogP contribution in [-0.4, -0.2) is 47.4 Å². The highest BCUT2D eigenvalue weighted by molar-refractivity contribution is 5.76. The number of carbonyl (C=O) groups is 2. The van der Waals surface area contributed by atoms with E-state index < -0.39 is 12.1 Å². The third-order valence-corrected chi connectivity index (χ3v) is 10.5. The Morgan fingerprint density at radius 1 is 0.528 bits per heavy atom. The first-order valence-corrected chi connectivity index (χ1v) is 23.1. The second-order valence-electron chi connectivity index (χ2n) is 15.7. The largest absolute Gasteiger partial charge is 0.466 e. The van der Waals surface area contributed by atoms with Crippen molar-refractivity contribution in [2.24, 2.45) is 0 Å². The molecule has 0 rings (SSSR count). The second-order valence-corrected chi connectivity index (χ2v) is 15.7. The number of carbonyl (C=O) groups excluding carboxylic acids is 2. The van der Waals surface area contributed by atoms with E-state index in [-0.39, 0.29) is 18.5 Å². The van der Waals surface area contributed by atoms with Crippen LogP contribution in [0.1, 0.15) is 239 Å². The predicted molar refractivity (Wildman–Crippen MR) is 227 cm³/mol. The van der Waals surface area contributed by atoms with E-state index in [1.807, 2.05) is 0 Å². The minimum absolute atomic E-state index is 0.0210. The number of amides is 1. The van der Waals surface area contributed by atoms with E-state index in [1.165, 1.54) is 141 Å². The Kier molecular flexibility index (Phi) is 41.7. The lowest BCUT2D eigenvalue weighted by molar-refractivity contribution is -0.143. The third-order valence-electron chi connectivity index (χ3n) is 10.5. The topological polar surface area (TPSA) is 95.9 Å². The van der Waals surface area contributed by atoms with Gasteiger partial charge in [0.05, 0.1) is 25.4 Å². The van der Waals surface area contributed by atoms with Gasteiger partial charge in [0.2, 0.25) is 5.91 Å². The number of allylic oxidation sites excluding steroid dienone is 4. The van der Waals surface area contributed by atoms with Gasteiger partial charge in [0, 0.05) is 12.8 Å². The number of hydrogen-bond acceptors (Lipinski definition) is 5. The Morgan fingerprint density at radius 2 is 0.962 bits per heavy atom. The molecule has 1 amide bonds. The number of aliphatic hydroxyl groups is 2. The molecule has 0 aliphatic rings. The molecule has 0 saturated carbocycles. The van der Waals surface area contributed by atoms with Gasteiger partial charge >= 0.3 is 5.97 Å². The predicted octanol–water partition coefficient (Wildman–Crippen LogP) is 13.2. The molecule has 0 spiro atoms. The maximum absolute atomic E-state index is 12.4. The minimum atomic E-state index is -0.670. The summed E-state index contributed by atoms with van der Waals surface area (Å²) < 4.78 is 5.44. The van der Waals surface area contributed by atoms with Crippen molar-refractivity contribution in [3.05, 3.63) is 24.3 Å². The van der Waals surface area contributed by atoms with Crippen LogP contribution in [0.15, 0.2) is 24.3 Å². The smallest absolute Gasteiger partial charge is 0.305 e. The zero-order valence-corrected chi connectivity index (χ0v) is 35.2. The fourth-order valence-electron chi connectivity index (χ4n) is 6.89. The minimum Gasteiger partial charge on any atom is -0.466 e. The van der Waals surface area contributed by atoms with Gasteiger partial charge < -0.3 is 20.3 Å². The van der Waals surface area contributed by atoms with Crippen molar-refractivity contribution in [2.45, 2.75) is 251 Å². The van der Waals surface area contributed by atoms with Crippen LogP contribution in [0.2, 0.25) is 0 Å². The van der Waals surface area contributed by atoms with Crippen LogP contribution in [-0.2, 0) is 14.3 Å². The first kappa shape index (κ1) is 51.3. The molecule has 0 aromatic rings. The zero-order chi connectivity index (χ0) is 38.7. The van der Waals surface area contributed by atoms with Crippen LogP contribution in [0.4, 0.5) is 0 Å². The second kappa shape index (κ2) is 43.1. The molecule has 0 aromatic carbocycles. The third kappa shape index (κ3) is 39.8. The van der Waals surface area contributed by atoms with E-state index in [0.29, 0.717) is 25.9 Å². The summed E-state index contributed by atoms with van der Waals surface area (Å²) in [5, 5.41) is 23.0. The molecule has 312 valence electrons. The Bertz CT molecular complexity index is 828. The van der Waals surface area contributed by atoms with Gasteiger partial charge in [-0.3, -0.25) is 9.59 Å². The molecule has 2 atom stereocenters. The number of unbranched alkanes of at least 4 members (excludes halogenated alkanes) is 27. The van der Waals surface area contributed by atoms with Crippen molar-refractivity contribution >= 4 is 11.9 Å². The molecular weight excluding hydrogens is 659 g/mol. The fraction of sp³-hybridized carbons (Fsp3) is 0.872. The van der Waals surface area contributed by atoms with Crippen LogP contribution >= 0.6 is 0 Å². The summed E-state index contributed by atoms with van der Waals surface area (Å²) in [6.45, 7) is 4.84. The van der Waals surface area contributed by atoms with Crippen molar-refractivity contribution in [2.75, 3.05) is 13.2 Å². The molecule has 0 radical (unpaired) electrons. The summed E-state index contributed by atoms with van der Waals surface area (Å²) in [6, 6.07) is -0.549. The molecule has 6 nitrogen and oxygen atoms in total. The molecule has 3 N–H and O–H groups in total. The van der Waals surface area contributed by atoms with E-state index in [9.17, 15) is 19.8 Å². The number of rotatable bonds is 42. The Balaban J connectivity index is 3.45. The summed E-state index contributed by atoms with van der Waals surface area (Å²) in [5.41, 5.74) is 0. The highest BCUT2D eigenvalue weighted by Gasteiger charge is 2.20. The van der Waals surface area contributed by atoms with Gasteiger partial charge in [-0.25, -0.2) is 0 Å². The molecule has 0 bridgehead atoms. The Hall–Kier alpha value is -1.66. The van der Waals surface area contributed by atoms with Crippen LogP contribution in [0, 0.1) is 0 Å². The quantitative estimate of drug-likeness (QED) is 0.0328. The van der Waals surface area contributed by atoms with Crippen molar-refractivity contribution in [3.8, 4) is 0 Å². The van der Waals surface area contributed by atoms with Crippen LogP contribution in [0.25, 0.3) is 0 Å². The van der Waals surface area contributed by atoms with Crippen LogP contribution in [0.3, 0.4) is 0 Å². The number of nitrogens with one attached hydrogen (secondary N) is 1. The fourth-order valence-corrected chi connectivity index (χ4v) is 6.89. The molecule has 0 fully saturated rings. The lowest BCUT2D eigenvalue weighted by Crippen LogP contribution is -2.45. The number of esters is 1. The van der Waals surface area contributed by atoms with Gasteiger partial charge in [-0.05, 0) is 51.4 Å². The van der Waals surface area contributed by atoms with Gasteiger partial charge in [-0.2, -0.15) is 0 Å². The van der Waals surface area contributed by atoms with E-state index in [2.05, 4.69) is 43.5 Å². The van der Waals surface area contributed by atoms with Crippen LogP contribution in [0.5, 0.6) is 0 Å². The van der Waals surface area contributed by atoms with E-state index >= 15 is 0 Å². The molecule has 0 heterocycles. The van der Waals surface area contributed by atoms with Gasteiger partial charge in [0.25, 0.3) is 0 Å². The van der Waals surface area contributed by atoms with Crippen LogP contribution < -0.4 is 5.32 Å². The van der Waals surface area contributed by atoms with Crippen molar-refractivity contribution in [3.63, 3.8) is 0 Å². The highest BCUT2D eigenvalue weighted by atomic mass is 16.5. The number of ether oxygens (including phenoxy) is 1. The number of aliphatic hydroxyl groups excluding tert-OH is 2. The Morgan fingerprint density at radius 3 is 1.49 bits per heavy atom. The first-order valence-electron chi connectivity index (χ1n) is 23.1. The molecule has 6 heteroatoms. The zero-order valence-electron chi connectivity index (χ0n) is 35.2. The van der Waals surface area contributed by atoms with Gasteiger partial charge in [0.1, 0.15) is 0 Å². The van der Waals surface area contributed by atoms with Crippen molar-refractivity contribution in [1.29, 1.82) is 0 Å². The maximum atomic E-state index is 12.4. The molecule has 0 aliphatic carbocycles. The SMILES string of the molecule is CCCC/C=C\C/C=C\CCCCCCCC(=O)OCCCCCCCCCCCCCCCC(=O)NC(CO)C(O)CCCCCCCCCCC. The number of hydrogen-bond donors (Lipinski definition) is 3. The molecule has 0 saturated heterocycles. The lowest BCUT2D eigenvalue weighted by Gasteiger charge is -2.22. The molecule has 2 unspecified atom stereocenters. The summed E-state index contributed by atoms with van der Waals surface area (Å²) in [6.07, 6.45) is 48.5. The summed E-state index contributed by atoms with van der Waals surface area (Å²) >= 11 is 0. The summed E-state index contributed by atoms with van der Waals surface area (Å²) in [4.78, 5) is 24.3. The van der Waals surface area contributed by atoms with E-state index in [0.717, 1.165) is 64.2 Å². The van der Waals surface area contributed by atoms with Gasteiger partial charge in [-0.15, -0.1) is 0 Å². The summed E-state index contributed by atoms with van der Waals surface area (Å²) in [7, 11) is 0. The molecule has 0 aromatic heterocycles. The molecule has 0 aliphatic heterocycles. The molecule has 53 heavy (non-hydrogen) atoms. The average molecular weight is 748 g/mol. The Labute approximate surface area is 329 Å². The monoisotopic (exact) mass is 748 g/mol. The standard InChI is InChI=1S/C47H89NO5/c1-3-5-7-9-11-13-14-15-18-21-25-29-33-37-41-47(52)53-42-38-34-30-26-22-19-16-17-20-24-28-32-36-40-46(51)48-44(43-49)45(50)39-35-31-27-23-12-10-8-6-4-2/h9,11,14-15,44-45,49-50H,3-8,10,12-13,16-43H2,1-2H3,(H,48,51)/b11-9-,15-14-. The first-order chi connectivity index (χ1) is 26.0. The molecular formula is C47H89NO5. The van der Waals surface area contributed by atoms with Crippen molar-refractivity contribution < 1.29 is 24.5 Å². The maximum Gasteiger partial charge on any atom is 0.305 e. The van der Waals surface area contributed by atoms with Crippen molar-refractivity contribution in [1.82, 2.24) is 5.32 Å². The van der Waals surface area contributed by atoms with E-state index in [4.69, 9.17) is 4.74 Å². The van der Waals surface area contributed by atoms with Gasteiger partial charge in [0.15, 0.2) is 0 Å².